The quantitative estimate of drug-likeness (QED) is 0.826. The Kier molecular flexibility index (Phi) is 3.97. The first-order valence-electron chi connectivity index (χ1n) is 5.79. The van der Waals surface area contributed by atoms with Gasteiger partial charge in [0.05, 0.1) is 4.88 Å². The molecule has 0 saturated heterocycles. The van der Waals surface area contributed by atoms with E-state index in [4.69, 9.17) is 0 Å². The van der Waals surface area contributed by atoms with E-state index in [-0.39, 0.29) is 11.8 Å². The standard InChI is InChI=1S/C14H14N2O2S/c1-9-5-6-11(10(2)8-9)13(17)15-16-14(18)12-4-3-7-19-12/h3-8H,1-2H3,(H,15,17)(H,16,18). The fourth-order valence-electron chi connectivity index (χ4n) is 1.72. The summed E-state index contributed by atoms with van der Waals surface area (Å²) in [7, 11) is 0. The molecular formula is C14H14N2O2S. The number of hydrogen-bond donors (Lipinski definition) is 2. The molecule has 0 aliphatic heterocycles. The van der Waals surface area contributed by atoms with Gasteiger partial charge in [0, 0.05) is 5.56 Å². The molecule has 0 fully saturated rings. The van der Waals surface area contributed by atoms with Crippen LogP contribution < -0.4 is 10.9 Å². The molecule has 1 aromatic heterocycles. The Balaban J connectivity index is 2.00. The van der Waals surface area contributed by atoms with Gasteiger partial charge in [-0.1, -0.05) is 23.8 Å². The maximum atomic E-state index is 11.9. The summed E-state index contributed by atoms with van der Waals surface area (Å²) in [6.45, 7) is 3.83. The third kappa shape index (κ3) is 3.20. The zero-order chi connectivity index (χ0) is 13.8. The first kappa shape index (κ1) is 13.3. The summed E-state index contributed by atoms with van der Waals surface area (Å²) in [4.78, 5) is 24.2. The molecule has 2 rings (SSSR count). The lowest BCUT2D eigenvalue weighted by atomic mass is 10.1. The smallest absolute Gasteiger partial charge is 0.267 e. The van der Waals surface area contributed by atoms with Crippen LogP contribution in [0.1, 0.15) is 31.2 Å². The van der Waals surface area contributed by atoms with Crippen molar-refractivity contribution >= 4 is 23.2 Å². The minimum absolute atomic E-state index is 0.312. The number of hydrogen-bond acceptors (Lipinski definition) is 3. The highest BCUT2D eigenvalue weighted by Gasteiger charge is 2.11. The monoisotopic (exact) mass is 274 g/mol. The highest BCUT2D eigenvalue weighted by Crippen LogP contribution is 2.10. The Bertz CT molecular complexity index is 606. The van der Waals surface area contributed by atoms with Gasteiger partial charge >= 0.3 is 0 Å². The fourth-order valence-corrected chi connectivity index (χ4v) is 2.34. The predicted molar refractivity (Wildman–Crippen MR) is 75.2 cm³/mol. The van der Waals surface area contributed by atoms with Crippen LogP contribution in [-0.4, -0.2) is 11.8 Å². The van der Waals surface area contributed by atoms with Gasteiger partial charge in [-0.05, 0) is 36.9 Å². The van der Waals surface area contributed by atoms with Crippen molar-refractivity contribution in [1.29, 1.82) is 0 Å². The van der Waals surface area contributed by atoms with Crippen LogP contribution >= 0.6 is 11.3 Å². The molecule has 0 saturated carbocycles. The number of nitrogens with one attached hydrogen (secondary N) is 2. The molecular weight excluding hydrogens is 260 g/mol. The molecule has 0 unspecified atom stereocenters. The molecule has 0 aliphatic carbocycles. The number of thiophene rings is 1. The number of hydrazine groups is 1. The molecule has 1 heterocycles. The predicted octanol–water partition coefficient (Wildman–Crippen LogP) is 2.44. The molecule has 0 bridgehead atoms. The normalized spacial score (nSPS) is 10.0. The average molecular weight is 274 g/mol. The van der Waals surface area contributed by atoms with E-state index in [0.717, 1.165) is 11.1 Å². The van der Waals surface area contributed by atoms with Crippen molar-refractivity contribution in [2.24, 2.45) is 0 Å². The van der Waals surface area contributed by atoms with E-state index in [9.17, 15) is 9.59 Å². The van der Waals surface area contributed by atoms with Crippen LogP contribution in [0.5, 0.6) is 0 Å². The number of carbonyl (C=O) groups is 2. The van der Waals surface area contributed by atoms with E-state index >= 15 is 0 Å². The van der Waals surface area contributed by atoms with Crippen LogP contribution in [0, 0.1) is 13.8 Å². The minimum Gasteiger partial charge on any atom is -0.267 e. The molecule has 2 aromatic rings. The van der Waals surface area contributed by atoms with Crippen molar-refractivity contribution in [3.05, 3.63) is 57.3 Å². The van der Waals surface area contributed by atoms with Gasteiger partial charge in [-0.2, -0.15) is 0 Å². The van der Waals surface area contributed by atoms with Gasteiger partial charge in [0.2, 0.25) is 0 Å². The number of aryl methyl sites for hydroxylation is 2. The van der Waals surface area contributed by atoms with E-state index in [0.29, 0.717) is 10.4 Å². The third-order valence-corrected chi connectivity index (χ3v) is 3.53. The van der Waals surface area contributed by atoms with Gasteiger partial charge in [-0.25, -0.2) is 0 Å². The van der Waals surface area contributed by atoms with Gasteiger partial charge in [0.15, 0.2) is 0 Å². The Morgan fingerprint density at radius 3 is 2.42 bits per heavy atom. The molecule has 0 atom stereocenters. The summed E-state index contributed by atoms with van der Waals surface area (Å²) in [5, 5.41) is 1.81. The van der Waals surface area contributed by atoms with Crippen molar-refractivity contribution in [3.8, 4) is 0 Å². The second-order valence-electron chi connectivity index (χ2n) is 4.20. The molecule has 0 aliphatic rings. The summed E-state index contributed by atoms with van der Waals surface area (Å²) in [6.07, 6.45) is 0. The van der Waals surface area contributed by atoms with Gasteiger partial charge in [-0.3, -0.25) is 20.4 Å². The SMILES string of the molecule is Cc1ccc(C(=O)NNC(=O)c2cccs2)c(C)c1. The van der Waals surface area contributed by atoms with E-state index in [1.54, 1.807) is 23.6 Å². The second kappa shape index (κ2) is 5.67. The topological polar surface area (TPSA) is 58.2 Å². The lowest BCUT2D eigenvalue weighted by Gasteiger charge is -2.09. The van der Waals surface area contributed by atoms with Crippen molar-refractivity contribution < 1.29 is 9.59 Å². The molecule has 0 radical (unpaired) electrons. The van der Waals surface area contributed by atoms with Gasteiger partial charge in [0.25, 0.3) is 11.8 Å². The highest BCUT2D eigenvalue weighted by molar-refractivity contribution is 7.12. The number of benzene rings is 1. The number of amides is 2. The van der Waals surface area contributed by atoms with Crippen molar-refractivity contribution in [2.75, 3.05) is 0 Å². The van der Waals surface area contributed by atoms with E-state index in [1.165, 1.54) is 11.3 Å². The van der Waals surface area contributed by atoms with Crippen LogP contribution in [0.2, 0.25) is 0 Å². The van der Waals surface area contributed by atoms with Crippen LogP contribution in [0.3, 0.4) is 0 Å². The summed E-state index contributed by atoms with van der Waals surface area (Å²) < 4.78 is 0. The zero-order valence-electron chi connectivity index (χ0n) is 10.7. The van der Waals surface area contributed by atoms with Crippen LogP contribution in [-0.2, 0) is 0 Å². The van der Waals surface area contributed by atoms with Crippen molar-refractivity contribution in [3.63, 3.8) is 0 Å². The maximum Gasteiger partial charge on any atom is 0.279 e. The first-order chi connectivity index (χ1) is 9.08. The van der Waals surface area contributed by atoms with Gasteiger partial charge in [0.1, 0.15) is 0 Å². The summed E-state index contributed by atoms with van der Waals surface area (Å²) in [6, 6.07) is 9.02. The van der Waals surface area contributed by atoms with E-state index in [2.05, 4.69) is 10.9 Å². The summed E-state index contributed by atoms with van der Waals surface area (Å²) in [5.41, 5.74) is 7.34. The van der Waals surface area contributed by atoms with Gasteiger partial charge in [-0.15, -0.1) is 11.3 Å². The molecule has 1 aromatic carbocycles. The molecule has 19 heavy (non-hydrogen) atoms. The van der Waals surface area contributed by atoms with Crippen LogP contribution in [0.15, 0.2) is 35.7 Å². The highest BCUT2D eigenvalue weighted by atomic mass is 32.1. The fraction of sp³-hybridized carbons (Fsp3) is 0.143. The Morgan fingerprint density at radius 2 is 1.79 bits per heavy atom. The number of carbonyl (C=O) groups excluding carboxylic acids is 2. The molecule has 0 spiro atoms. The number of rotatable bonds is 2. The van der Waals surface area contributed by atoms with Crippen LogP contribution in [0.4, 0.5) is 0 Å². The lowest BCUT2D eigenvalue weighted by Crippen LogP contribution is -2.41. The summed E-state index contributed by atoms with van der Waals surface area (Å²) >= 11 is 1.32. The average Bonchev–Trinajstić information content (AvgIpc) is 2.89. The first-order valence-corrected chi connectivity index (χ1v) is 6.67. The van der Waals surface area contributed by atoms with E-state index < -0.39 is 0 Å². The zero-order valence-corrected chi connectivity index (χ0v) is 11.5. The molecule has 98 valence electrons. The van der Waals surface area contributed by atoms with Crippen LogP contribution in [0.25, 0.3) is 0 Å². The summed E-state index contributed by atoms with van der Waals surface area (Å²) in [5.74, 6) is -0.629. The van der Waals surface area contributed by atoms with Crippen molar-refractivity contribution in [2.45, 2.75) is 13.8 Å². The third-order valence-electron chi connectivity index (χ3n) is 2.66. The van der Waals surface area contributed by atoms with E-state index in [1.807, 2.05) is 26.0 Å². The maximum absolute atomic E-state index is 11.9. The Labute approximate surface area is 115 Å². The molecule has 2 N–H and O–H groups in total. The van der Waals surface area contributed by atoms with Gasteiger partial charge < -0.3 is 0 Å². The minimum atomic E-state index is -0.317. The molecule has 2 amide bonds. The second-order valence-corrected chi connectivity index (χ2v) is 5.15. The molecule has 4 nitrogen and oxygen atoms in total. The molecule has 5 heteroatoms. The largest absolute Gasteiger partial charge is 0.279 e. The van der Waals surface area contributed by atoms with Crippen molar-refractivity contribution in [1.82, 2.24) is 10.9 Å². The lowest BCUT2D eigenvalue weighted by molar-refractivity contribution is 0.0848. The Morgan fingerprint density at radius 1 is 1.05 bits per heavy atom. The Hall–Kier alpha value is -2.14.